The molecule has 110 valence electrons. The van der Waals surface area contributed by atoms with Gasteiger partial charge in [0.1, 0.15) is 5.75 Å². The molecule has 2 aromatic rings. The molecule has 0 heterocycles. The first-order valence-corrected chi connectivity index (χ1v) is 5.91. The molecule has 0 aliphatic rings. The number of halogens is 3. The average Bonchev–Trinajstić information content (AvgIpc) is 2.46. The van der Waals surface area contributed by atoms with Crippen LogP contribution in [0.4, 0.5) is 13.2 Å². The molecule has 0 amide bonds. The van der Waals surface area contributed by atoms with Crippen molar-refractivity contribution in [2.45, 2.75) is 6.18 Å². The molecule has 0 fully saturated rings. The van der Waals surface area contributed by atoms with Gasteiger partial charge in [0.15, 0.2) is 0 Å². The molecule has 0 unspecified atom stereocenters. The highest BCUT2D eigenvalue weighted by molar-refractivity contribution is 5.90. The Bertz CT molecular complexity index is 661. The quantitative estimate of drug-likeness (QED) is 0.928. The molecular formula is C15H11F3O3. The van der Waals surface area contributed by atoms with E-state index in [1.165, 1.54) is 13.2 Å². The fraction of sp³-hybridized carbons (Fsp3) is 0.133. The van der Waals surface area contributed by atoms with E-state index in [1.807, 2.05) is 0 Å². The Hall–Kier alpha value is -2.50. The van der Waals surface area contributed by atoms with Gasteiger partial charge in [0.2, 0.25) is 0 Å². The van der Waals surface area contributed by atoms with Crippen molar-refractivity contribution in [2.75, 3.05) is 7.11 Å². The summed E-state index contributed by atoms with van der Waals surface area (Å²) < 4.78 is 43.5. The van der Waals surface area contributed by atoms with Crippen LogP contribution < -0.4 is 4.74 Å². The van der Waals surface area contributed by atoms with Gasteiger partial charge < -0.3 is 9.84 Å². The van der Waals surface area contributed by atoms with Crippen LogP contribution in [0.25, 0.3) is 11.1 Å². The molecule has 0 aromatic heterocycles. The summed E-state index contributed by atoms with van der Waals surface area (Å²) in [5.74, 6) is -0.847. The molecule has 2 aromatic carbocycles. The predicted molar refractivity (Wildman–Crippen MR) is 70.4 cm³/mol. The van der Waals surface area contributed by atoms with Crippen molar-refractivity contribution in [3.8, 4) is 16.9 Å². The van der Waals surface area contributed by atoms with Crippen molar-refractivity contribution in [3.63, 3.8) is 0 Å². The van der Waals surface area contributed by atoms with E-state index in [4.69, 9.17) is 9.84 Å². The van der Waals surface area contributed by atoms with Gasteiger partial charge in [0, 0.05) is 0 Å². The maximum atomic E-state index is 12.8. The third kappa shape index (κ3) is 3.34. The number of ether oxygens (including phenoxy) is 1. The fourth-order valence-electron chi connectivity index (χ4n) is 1.86. The predicted octanol–water partition coefficient (Wildman–Crippen LogP) is 4.08. The lowest BCUT2D eigenvalue weighted by molar-refractivity contribution is -0.137. The van der Waals surface area contributed by atoms with Gasteiger partial charge >= 0.3 is 12.1 Å². The molecular weight excluding hydrogens is 285 g/mol. The number of alkyl halides is 3. The molecule has 0 spiro atoms. The maximum absolute atomic E-state index is 12.8. The van der Waals surface area contributed by atoms with E-state index in [9.17, 15) is 18.0 Å². The zero-order valence-electron chi connectivity index (χ0n) is 10.9. The second kappa shape index (κ2) is 5.47. The normalized spacial score (nSPS) is 11.2. The third-order valence-electron chi connectivity index (χ3n) is 2.93. The Balaban J connectivity index is 2.56. The number of methoxy groups -OCH3 is 1. The molecule has 0 atom stereocenters. The summed E-state index contributed by atoms with van der Waals surface area (Å²) in [5, 5.41) is 8.94. The van der Waals surface area contributed by atoms with Crippen molar-refractivity contribution < 1.29 is 27.8 Å². The summed E-state index contributed by atoms with van der Waals surface area (Å²) in [6.45, 7) is 0. The number of rotatable bonds is 3. The van der Waals surface area contributed by atoms with Gasteiger partial charge in [-0.2, -0.15) is 13.2 Å². The van der Waals surface area contributed by atoms with Gasteiger partial charge in [0.25, 0.3) is 0 Å². The van der Waals surface area contributed by atoms with Crippen LogP contribution >= 0.6 is 0 Å². The first-order valence-electron chi connectivity index (χ1n) is 5.91. The Labute approximate surface area is 118 Å². The highest BCUT2D eigenvalue weighted by atomic mass is 19.4. The van der Waals surface area contributed by atoms with Crippen molar-refractivity contribution in [1.82, 2.24) is 0 Å². The van der Waals surface area contributed by atoms with Crippen molar-refractivity contribution >= 4 is 5.97 Å². The third-order valence-corrected chi connectivity index (χ3v) is 2.93. The average molecular weight is 296 g/mol. The minimum atomic E-state index is -4.60. The zero-order valence-corrected chi connectivity index (χ0v) is 10.9. The highest BCUT2D eigenvalue weighted by Gasteiger charge is 2.31. The van der Waals surface area contributed by atoms with E-state index >= 15 is 0 Å². The summed E-state index contributed by atoms with van der Waals surface area (Å²) in [6.07, 6.45) is -4.60. The lowest BCUT2D eigenvalue weighted by Crippen LogP contribution is -2.08. The van der Waals surface area contributed by atoms with E-state index in [-0.39, 0.29) is 5.56 Å². The fourth-order valence-corrected chi connectivity index (χ4v) is 1.86. The highest BCUT2D eigenvalue weighted by Crippen LogP contribution is 2.33. The molecule has 0 radical (unpaired) electrons. The lowest BCUT2D eigenvalue weighted by atomic mass is 9.99. The summed E-state index contributed by atoms with van der Waals surface area (Å²) in [5.41, 5.74) is -0.738. The van der Waals surface area contributed by atoms with Crippen LogP contribution in [0.5, 0.6) is 5.75 Å². The molecule has 3 nitrogen and oxygen atoms in total. The Morgan fingerprint density at radius 1 is 1.05 bits per heavy atom. The minimum absolute atomic E-state index is 0.185. The van der Waals surface area contributed by atoms with Gasteiger partial charge in [-0.15, -0.1) is 0 Å². The summed E-state index contributed by atoms with van der Waals surface area (Å²) in [6, 6.07) is 9.08. The standard InChI is InChI=1S/C15H11F3O3/c1-21-13-4-2-9(3-5-13)10-6-11(14(19)20)8-12(7-10)15(16,17)18/h2-8H,1H3,(H,19,20). The zero-order chi connectivity index (χ0) is 15.6. The molecule has 0 aliphatic carbocycles. The van der Waals surface area contributed by atoms with Crippen molar-refractivity contribution in [1.29, 1.82) is 0 Å². The summed E-state index contributed by atoms with van der Waals surface area (Å²) in [4.78, 5) is 11.0. The molecule has 21 heavy (non-hydrogen) atoms. The van der Waals surface area contributed by atoms with E-state index < -0.39 is 23.3 Å². The van der Waals surface area contributed by atoms with Crippen LogP contribution in [0, 0.1) is 0 Å². The first-order chi connectivity index (χ1) is 9.81. The Morgan fingerprint density at radius 3 is 2.14 bits per heavy atom. The van der Waals surface area contributed by atoms with Crippen molar-refractivity contribution in [2.24, 2.45) is 0 Å². The van der Waals surface area contributed by atoms with Crippen LogP contribution in [-0.4, -0.2) is 18.2 Å². The number of hydrogen-bond acceptors (Lipinski definition) is 2. The van der Waals surface area contributed by atoms with Crippen molar-refractivity contribution in [3.05, 3.63) is 53.6 Å². The monoisotopic (exact) mass is 296 g/mol. The van der Waals surface area contributed by atoms with Crippen LogP contribution in [0.2, 0.25) is 0 Å². The second-order valence-electron chi connectivity index (χ2n) is 4.33. The lowest BCUT2D eigenvalue weighted by Gasteiger charge is -2.11. The maximum Gasteiger partial charge on any atom is 0.416 e. The number of aromatic carboxylic acids is 1. The van der Waals surface area contributed by atoms with Crippen LogP contribution in [-0.2, 0) is 6.18 Å². The largest absolute Gasteiger partial charge is 0.497 e. The number of carboxylic acids is 1. The Morgan fingerprint density at radius 2 is 1.67 bits per heavy atom. The topological polar surface area (TPSA) is 46.5 Å². The molecule has 1 N–H and O–H groups in total. The number of benzene rings is 2. The van der Waals surface area contributed by atoms with Gasteiger partial charge in [-0.1, -0.05) is 12.1 Å². The SMILES string of the molecule is COc1ccc(-c2cc(C(=O)O)cc(C(F)(F)F)c2)cc1. The molecule has 0 saturated heterocycles. The smallest absolute Gasteiger partial charge is 0.416 e. The number of hydrogen-bond donors (Lipinski definition) is 1. The van der Waals surface area contributed by atoms with E-state index in [0.717, 1.165) is 6.07 Å². The second-order valence-corrected chi connectivity index (χ2v) is 4.33. The molecule has 2 rings (SSSR count). The first kappa shape index (κ1) is 14.9. The molecule has 0 bridgehead atoms. The van der Waals surface area contributed by atoms with E-state index in [0.29, 0.717) is 17.4 Å². The van der Waals surface area contributed by atoms with E-state index in [1.54, 1.807) is 24.3 Å². The van der Waals surface area contributed by atoms with Gasteiger partial charge in [-0.05, 0) is 41.5 Å². The molecule has 0 aliphatic heterocycles. The van der Waals surface area contributed by atoms with Gasteiger partial charge in [-0.3, -0.25) is 0 Å². The van der Waals surface area contributed by atoms with Crippen LogP contribution in [0.15, 0.2) is 42.5 Å². The van der Waals surface area contributed by atoms with Crippen LogP contribution in [0.1, 0.15) is 15.9 Å². The molecule has 0 saturated carbocycles. The molecule has 6 heteroatoms. The number of carboxylic acid groups (broad SMARTS) is 1. The van der Waals surface area contributed by atoms with E-state index in [2.05, 4.69) is 0 Å². The minimum Gasteiger partial charge on any atom is -0.497 e. The van der Waals surface area contributed by atoms with Gasteiger partial charge in [0.05, 0.1) is 18.2 Å². The number of carbonyl (C=O) groups is 1. The Kier molecular flexibility index (Phi) is 3.88. The summed E-state index contributed by atoms with van der Waals surface area (Å²) in [7, 11) is 1.47. The summed E-state index contributed by atoms with van der Waals surface area (Å²) >= 11 is 0. The van der Waals surface area contributed by atoms with Gasteiger partial charge in [-0.25, -0.2) is 4.79 Å². The van der Waals surface area contributed by atoms with Crippen LogP contribution in [0.3, 0.4) is 0 Å².